The van der Waals surface area contributed by atoms with E-state index in [-0.39, 0.29) is 24.8 Å². The van der Waals surface area contributed by atoms with E-state index in [4.69, 9.17) is 18.0 Å². The van der Waals surface area contributed by atoms with E-state index >= 15 is 0 Å². The van der Waals surface area contributed by atoms with E-state index in [1.807, 2.05) is 6.07 Å². The average molecular weight is 354 g/mol. The minimum absolute atomic E-state index is 0.00575. The lowest BCUT2D eigenvalue weighted by atomic mass is 10.1. The normalized spacial score (nSPS) is 11.1. The van der Waals surface area contributed by atoms with Crippen LogP contribution in [0.2, 0.25) is 0 Å². The van der Waals surface area contributed by atoms with Crippen LogP contribution in [0.3, 0.4) is 0 Å². The lowest BCUT2D eigenvalue weighted by Crippen LogP contribution is -2.18. The highest BCUT2D eigenvalue weighted by atomic mass is 16.5. The first-order chi connectivity index (χ1) is 12.7. The van der Waals surface area contributed by atoms with Crippen molar-refractivity contribution in [3.63, 3.8) is 0 Å². The lowest BCUT2D eigenvalue weighted by molar-refractivity contribution is 0.0490. The predicted octanol–water partition coefficient (Wildman–Crippen LogP) is 3.07. The molecule has 26 heavy (non-hydrogen) atoms. The third-order valence-electron chi connectivity index (χ3n) is 3.81. The van der Waals surface area contributed by atoms with E-state index in [0.717, 1.165) is 4.68 Å². The van der Waals surface area contributed by atoms with Gasteiger partial charge in [-0.25, -0.2) is 9.59 Å². The van der Waals surface area contributed by atoms with Gasteiger partial charge < -0.3 is 18.0 Å². The van der Waals surface area contributed by atoms with Gasteiger partial charge in [-0.15, -0.1) is 5.10 Å². The second-order valence-electron chi connectivity index (χ2n) is 5.43. The van der Waals surface area contributed by atoms with E-state index in [1.165, 1.54) is 6.26 Å². The number of carbonyl (C=O) groups is 1. The number of carbonyl (C=O) groups excluding carboxylic acids is 1. The summed E-state index contributed by atoms with van der Waals surface area (Å²) in [7, 11) is 0. The Morgan fingerprint density at radius 1 is 1.19 bits per heavy atom. The highest BCUT2D eigenvalue weighted by Crippen LogP contribution is 2.27. The van der Waals surface area contributed by atoms with Crippen molar-refractivity contribution in [3.05, 3.63) is 64.5 Å². The van der Waals surface area contributed by atoms with Crippen LogP contribution in [0.5, 0.6) is 0 Å². The quantitative estimate of drug-likeness (QED) is 0.508. The summed E-state index contributed by atoms with van der Waals surface area (Å²) in [5.41, 5.74) is 1.02. The van der Waals surface area contributed by atoms with Crippen molar-refractivity contribution >= 4 is 16.9 Å². The number of benzene rings is 1. The van der Waals surface area contributed by atoms with Crippen LogP contribution in [0.15, 0.2) is 60.7 Å². The van der Waals surface area contributed by atoms with Crippen LogP contribution in [0.1, 0.15) is 23.0 Å². The van der Waals surface area contributed by atoms with Crippen LogP contribution >= 0.6 is 0 Å². The average Bonchev–Trinajstić information content (AvgIpc) is 3.35. The van der Waals surface area contributed by atoms with Crippen molar-refractivity contribution in [3.8, 4) is 11.7 Å². The molecule has 0 radical (unpaired) electrons. The minimum atomic E-state index is -0.670. The Morgan fingerprint density at radius 3 is 2.81 bits per heavy atom. The predicted molar refractivity (Wildman–Crippen MR) is 89.7 cm³/mol. The number of ether oxygens (including phenoxy) is 1. The minimum Gasteiger partial charge on any atom is -0.460 e. The smallest absolute Gasteiger partial charge is 0.437 e. The monoisotopic (exact) mass is 354 g/mol. The SMILES string of the molecule is CCOC(=O)c1oc2ccccc2c1Cn1nc(-c2ccco2)oc1=O. The molecular formula is C18H14N2O6. The number of esters is 1. The van der Waals surface area contributed by atoms with Gasteiger partial charge in [0.05, 0.1) is 19.4 Å². The summed E-state index contributed by atoms with van der Waals surface area (Å²) in [6.45, 7) is 1.91. The van der Waals surface area contributed by atoms with Gasteiger partial charge in [0.2, 0.25) is 5.76 Å². The van der Waals surface area contributed by atoms with Gasteiger partial charge in [-0.3, -0.25) is 0 Å². The molecule has 4 aromatic rings. The van der Waals surface area contributed by atoms with E-state index in [0.29, 0.717) is 22.3 Å². The van der Waals surface area contributed by atoms with Gasteiger partial charge in [-0.2, -0.15) is 4.68 Å². The molecule has 3 heterocycles. The molecule has 0 atom stereocenters. The molecule has 0 amide bonds. The highest BCUT2D eigenvalue weighted by molar-refractivity contribution is 5.96. The lowest BCUT2D eigenvalue weighted by Gasteiger charge is -2.02. The molecule has 0 aliphatic heterocycles. The summed E-state index contributed by atoms with van der Waals surface area (Å²) in [6.07, 6.45) is 1.46. The van der Waals surface area contributed by atoms with E-state index in [9.17, 15) is 9.59 Å². The maximum absolute atomic E-state index is 12.2. The summed E-state index contributed by atoms with van der Waals surface area (Å²) in [6, 6.07) is 10.4. The first kappa shape index (κ1) is 15.9. The summed E-state index contributed by atoms with van der Waals surface area (Å²) >= 11 is 0. The Kier molecular flexibility index (Phi) is 3.92. The number of rotatable bonds is 5. The van der Waals surface area contributed by atoms with Crippen LogP contribution in [-0.4, -0.2) is 22.4 Å². The molecule has 0 bridgehead atoms. The molecule has 0 saturated heterocycles. The number of fused-ring (bicyclic) bond motifs is 1. The third-order valence-corrected chi connectivity index (χ3v) is 3.81. The Balaban J connectivity index is 1.78. The van der Waals surface area contributed by atoms with Gasteiger partial charge in [-0.1, -0.05) is 18.2 Å². The van der Waals surface area contributed by atoms with E-state index < -0.39 is 11.7 Å². The standard InChI is InChI=1S/C18H14N2O6/c1-2-23-17(21)15-12(11-6-3-4-7-13(11)25-15)10-20-18(22)26-16(19-20)14-8-5-9-24-14/h3-9H,2,10H2,1H3. The molecule has 0 spiro atoms. The number of furan rings is 2. The maximum Gasteiger partial charge on any atom is 0.437 e. The van der Waals surface area contributed by atoms with Crippen molar-refractivity contribution in [2.45, 2.75) is 13.5 Å². The van der Waals surface area contributed by atoms with Crippen LogP contribution in [0, 0.1) is 0 Å². The van der Waals surface area contributed by atoms with Gasteiger partial charge in [0.25, 0.3) is 5.89 Å². The van der Waals surface area contributed by atoms with Gasteiger partial charge in [0.1, 0.15) is 5.58 Å². The second kappa shape index (κ2) is 6.40. The highest BCUT2D eigenvalue weighted by Gasteiger charge is 2.23. The zero-order valence-electron chi connectivity index (χ0n) is 13.8. The zero-order chi connectivity index (χ0) is 18.1. The fourth-order valence-corrected chi connectivity index (χ4v) is 2.67. The summed E-state index contributed by atoms with van der Waals surface area (Å²) < 4.78 is 22.1. The number of para-hydroxylation sites is 1. The van der Waals surface area contributed by atoms with Crippen molar-refractivity contribution in [1.29, 1.82) is 0 Å². The van der Waals surface area contributed by atoms with Crippen molar-refractivity contribution in [1.82, 2.24) is 9.78 Å². The first-order valence-corrected chi connectivity index (χ1v) is 7.96. The molecule has 4 rings (SSSR count). The topological polar surface area (TPSA) is 101 Å². The van der Waals surface area contributed by atoms with Gasteiger partial charge in [0, 0.05) is 10.9 Å². The van der Waals surface area contributed by atoms with Crippen molar-refractivity contribution < 1.29 is 22.8 Å². The molecule has 1 aromatic carbocycles. The molecule has 8 heteroatoms. The molecule has 0 fully saturated rings. The number of aromatic nitrogens is 2. The van der Waals surface area contributed by atoms with Crippen molar-refractivity contribution in [2.24, 2.45) is 0 Å². The fraction of sp³-hybridized carbons (Fsp3) is 0.167. The van der Waals surface area contributed by atoms with Crippen molar-refractivity contribution in [2.75, 3.05) is 6.61 Å². The largest absolute Gasteiger partial charge is 0.460 e. The summed E-state index contributed by atoms with van der Waals surface area (Å²) in [4.78, 5) is 24.4. The molecule has 0 unspecified atom stereocenters. The van der Waals surface area contributed by atoms with Crippen LogP contribution in [0.25, 0.3) is 22.6 Å². The van der Waals surface area contributed by atoms with Crippen LogP contribution in [-0.2, 0) is 11.3 Å². The molecule has 3 aromatic heterocycles. The number of hydrogen-bond donors (Lipinski definition) is 0. The molecule has 0 aliphatic carbocycles. The molecule has 0 saturated carbocycles. The van der Waals surface area contributed by atoms with Gasteiger partial charge in [-0.05, 0) is 25.1 Å². The zero-order valence-corrected chi connectivity index (χ0v) is 13.8. The van der Waals surface area contributed by atoms with Crippen LogP contribution < -0.4 is 5.76 Å². The summed E-state index contributed by atoms with van der Waals surface area (Å²) in [5, 5.41) is 4.83. The molecule has 0 N–H and O–H groups in total. The maximum atomic E-state index is 12.2. The van der Waals surface area contributed by atoms with E-state index in [1.54, 1.807) is 37.3 Å². The Morgan fingerprint density at radius 2 is 2.04 bits per heavy atom. The molecule has 0 aliphatic rings. The van der Waals surface area contributed by atoms with Gasteiger partial charge >= 0.3 is 11.7 Å². The number of hydrogen-bond acceptors (Lipinski definition) is 7. The van der Waals surface area contributed by atoms with Gasteiger partial charge in [0.15, 0.2) is 5.76 Å². The molecule has 132 valence electrons. The Bertz CT molecular complexity index is 1120. The molecule has 8 nitrogen and oxygen atoms in total. The molecular weight excluding hydrogens is 340 g/mol. The number of nitrogens with zero attached hydrogens (tertiary/aromatic N) is 2. The van der Waals surface area contributed by atoms with Crippen LogP contribution in [0.4, 0.5) is 0 Å². The first-order valence-electron chi connectivity index (χ1n) is 7.96. The van der Waals surface area contributed by atoms with E-state index in [2.05, 4.69) is 5.10 Å². The Hall–Kier alpha value is -3.55. The summed E-state index contributed by atoms with van der Waals surface area (Å²) in [5.74, 6) is -0.825. The fourth-order valence-electron chi connectivity index (χ4n) is 2.67. The third kappa shape index (κ3) is 2.71. The Labute approximate surface area is 146 Å². The second-order valence-corrected chi connectivity index (χ2v) is 5.43.